The molecule has 1 N–H and O–H groups in total. The molecule has 0 unspecified atom stereocenters. The molecule has 0 radical (unpaired) electrons. The van der Waals surface area contributed by atoms with Crippen LogP contribution in [0.25, 0.3) is 0 Å². The molecule has 90 valence electrons. The number of anilines is 1. The van der Waals surface area contributed by atoms with Gasteiger partial charge in [0.15, 0.2) is 0 Å². The summed E-state index contributed by atoms with van der Waals surface area (Å²) in [6, 6.07) is 8.59. The van der Waals surface area contributed by atoms with Crippen LogP contribution in [0.15, 0.2) is 24.3 Å². The SMILES string of the molecule is COCCCNc1ccc(CN(C)C)cc1. The van der Waals surface area contributed by atoms with E-state index in [1.54, 1.807) is 7.11 Å². The molecule has 0 aromatic heterocycles. The third-order valence-electron chi connectivity index (χ3n) is 2.31. The number of methoxy groups -OCH3 is 1. The highest BCUT2D eigenvalue weighted by Gasteiger charge is 1.95. The van der Waals surface area contributed by atoms with Gasteiger partial charge in [-0.3, -0.25) is 0 Å². The number of rotatable bonds is 7. The standard InChI is InChI=1S/C13H22N2O/c1-15(2)11-12-5-7-13(8-6-12)14-9-4-10-16-3/h5-8,14H,4,9-11H2,1-3H3. The third kappa shape index (κ3) is 5.14. The molecular weight excluding hydrogens is 200 g/mol. The molecule has 0 bridgehead atoms. The Bertz CT molecular complexity index is 282. The van der Waals surface area contributed by atoms with E-state index in [1.165, 1.54) is 11.3 Å². The molecule has 1 aromatic carbocycles. The zero-order chi connectivity index (χ0) is 11.8. The molecule has 3 nitrogen and oxygen atoms in total. The molecule has 0 saturated heterocycles. The van der Waals surface area contributed by atoms with E-state index < -0.39 is 0 Å². The Kier molecular flexibility index (Phi) is 5.90. The number of benzene rings is 1. The van der Waals surface area contributed by atoms with Crippen LogP contribution in [0.5, 0.6) is 0 Å². The summed E-state index contributed by atoms with van der Waals surface area (Å²) in [4.78, 5) is 2.17. The van der Waals surface area contributed by atoms with Gasteiger partial charge >= 0.3 is 0 Å². The van der Waals surface area contributed by atoms with Gasteiger partial charge in [-0.15, -0.1) is 0 Å². The van der Waals surface area contributed by atoms with Crippen LogP contribution in [0.2, 0.25) is 0 Å². The molecule has 0 saturated carbocycles. The molecule has 16 heavy (non-hydrogen) atoms. The van der Waals surface area contributed by atoms with E-state index in [2.05, 4.69) is 48.6 Å². The van der Waals surface area contributed by atoms with Crippen molar-refractivity contribution in [1.82, 2.24) is 4.90 Å². The highest BCUT2D eigenvalue weighted by atomic mass is 16.5. The lowest BCUT2D eigenvalue weighted by molar-refractivity contribution is 0.198. The quantitative estimate of drug-likeness (QED) is 0.716. The molecule has 1 aromatic rings. The van der Waals surface area contributed by atoms with E-state index in [0.29, 0.717) is 0 Å². The molecule has 0 atom stereocenters. The van der Waals surface area contributed by atoms with Crippen molar-refractivity contribution in [3.63, 3.8) is 0 Å². The lowest BCUT2D eigenvalue weighted by Crippen LogP contribution is -2.10. The van der Waals surface area contributed by atoms with Gasteiger partial charge in [-0.25, -0.2) is 0 Å². The molecule has 0 aliphatic carbocycles. The van der Waals surface area contributed by atoms with Crippen molar-refractivity contribution in [3.8, 4) is 0 Å². The summed E-state index contributed by atoms with van der Waals surface area (Å²) in [6.07, 6.45) is 1.04. The Morgan fingerprint density at radius 2 is 1.88 bits per heavy atom. The smallest absolute Gasteiger partial charge is 0.0479 e. The predicted molar refractivity (Wildman–Crippen MR) is 68.8 cm³/mol. The predicted octanol–water partition coefficient (Wildman–Crippen LogP) is 2.20. The van der Waals surface area contributed by atoms with Crippen molar-refractivity contribution < 1.29 is 4.74 Å². The minimum absolute atomic E-state index is 0.811. The second-order valence-electron chi connectivity index (χ2n) is 4.21. The van der Waals surface area contributed by atoms with Crippen LogP contribution in [-0.4, -0.2) is 39.3 Å². The molecule has 0 heterocycles. The van der Waals surface area contributed by atoms with Gasteiger partial charge in [0.05, 0.1) is 0 Å². The lowest BCUT2D eigenvalue weighted by Gasteiger charge is -2.11. The Hall–Kier alpha value is -1.06. The van der Waals surface area contributed by atoms with Crippen molar-refractivity contribution in [3.05, 3.63) is 29.8 Å². The van der Waals surface area contributed by atoms with Gasteiger partial charge in [0.1, 0.15) is 0 Å². The summed E-state index contributed by atoms with van der Waals surface area (Å²) in [5.74, 6) is 0. The van der Waals surface area contributed by atoms with Crippen LogP contribution in [0, 0.1) is 0 Å². The van der Waals surface area contributed by atoms with Crippen LogP contribution < -0.4 is 5.32 Å². The average molecular weight is 222 g/mol. The van der Waals surface area contributed by atoms with E-state index in [4.69, 9.17) is 4.74 Å². The molecule has 0 aliphatic rings. The molecule has 0 aliphatic heterocycles. The minimum Gasteiger partial charge on any atom is -0.385 e. The number of hydrogen-bond acceptors (Lipinski definition) is 3. The van der Waals surface area contributed by atoms with Gasteiger partial charge < -0.3 is 15.0 Å². The fourth-order valence-electron chi connectivity index (χ4n) is 1.54. The van der Waals surface area contributed by atoms with E-state index >= 15 is 0 Å². The van der Waals surface area contributed by atoms with Crippen LogP contribution >= 0.6 is 0 Å². The van der Waals surface area contributed by atoms with Crippen LogP contribution in [0.3, 0.4) is 0 Å². The molecule has 1 rings (SSSR count). The first-order valence-electron chi connectivity index (χ1n) is 5.69. The zero-order valence-corrected chi connectivity index (χ0v) is 10.5. The summed E-state index contributed by atoms with van der Waals surface area (Å²) in [5.41, 5.74) is 2.52. The van der Waals surface area contributed by atoms with Gasteiger partial charge in [0.2, 0.25) is 0 Å². The van der Waals surface area contributed by atoms with Gasteiger partial charge in [0.25, 0.3) is 0 Å². The molecule has 0 fully saturated rings. The number of ether oxygens (including phenoxy) is 1. The van der Waals surface area contributed by atoms with E-state index in [9.17, 15) is 0 Å². The van der Waals surface area contributed by atoms with Crippen molar-refractivity contribution in [2.45, 2.75) is 13.0 Å². The summed E-state index contributed by atoms with van der Waals surface area (Å²) < 4.78 is 5.00. The van der Waals surface area contributed by atoms with Gasteiger partial charge in [-0.1, -0.05) is 12.1 Å². The second kappa shape index (κ2) is 7.25. The molecular formula is C13H22N2O. The Morgan fingerprint density at radius 1 is 1.19 bits per heavy atom. The topological polar surface area (TPSA) is 24.5 Å². The first-order chi connectivity index (χ1) is 7.72. The molecule has 0 spiro atoms. The maximum absolute atomic E-state index is 5.00. The lowest BCUT2D eigenvalue weighted by atomic mass is 10.2. The summed E-state index contributed by atoms with van der Waals surface area (Å²) in [5, 5.41) is 3.37. The highest BCUT2D eigenvalue weighted by molar-refractivity contribution is 5.44. The summed E-state index contributed by atoms with van der Waals surface area (Å²) >= 11 is 0. The monoisotopic (exact) mass is 222 g/mol. The zero-order valence-electron chi connectivity index (χ0n) is 10.5. The maximum Gasteiger partial charge on any atom is 0.0479 e. The first kappa shape index (κ1) is 13.0. The van der Waals surface area contributed by atoms with E-state index in [0.717, 1.165) is 26.1 Å². The van der Waals surface area contributed by atoms with Crippen molar-refractivity contribution in [1.29, 1.82) is 0 Å². The highest BCUT2D eigenvalue weighted by Crippen LogP contribution is 2.10. The van der Waals surface area contributed by atoms with Crippen LogP contribution in [0.1, 0.15) is 12.0 Å². The van der Waals surface area contributed by atoms with E-state index in [-0.39, 0.29) is 0 Å². The van der Waals surface area contributed by atoms with Crippen molar-refractivity contribution in [2.75, 3.05) is 39.7 Å². The van der Waals surface area contributed by atoms with Gasteiger partial charge in [0, 0.05) is 32.5 Å². The summed E-state index contributed by atoms with van der Waals surface area (Å²) in [7, 11) is 5.89. The Balaban J connectivity index is 2.33. The third-order valence-corrected chi connectivity index (χ3v) is 2.31. The minimum atomic E-state index is 0.811. The average Bonchev–Trinajstić information content (AvgIpc) is 2.26. The summed E-state index contributed by atoms with van der Waals surface area (Å²) in [6.45, 7) is 2.76. The maximum atomic E-state index is 5.00. The van der Waals surface area contributed by atoms with Gasteiger partial charge in [-0.2, -0.15) is 0 Å². The van der Waals surface area contributed by atoms with Gasteiger partial charge in [-0.05, 0) is 38.2 Å². The van der Waals surface area contributed by atoms with Crippen molar-refractivity contribution >= 4 is 5.69 Å². The molecule has 3 heteroatoms. The number of nitrogens with zero attached hydrogens (tertiary/aromatic N) is 1. The first-order valence-corrected chi connectivity index (χ1v) is 5.69. The number of hydrogen-bond donors (Lipinski definition) is 1. The Labute approximate surface area is 98.4 Å². The van der Waals surface area contributed by atoms with E-state index in [1.807, 2.05) is 0 Å². The number of nitrogens with one attached hydrogen (secondary N) is 1. The fraction of sp³-hybridized carbons (Fsp3) is 0.538. The fourth-order valence-corrected chi connectivity index (χ4v) is 1.54. The molecule has 0 amide bonds. The Morgan fingerprint density at radius 3 is 2.44 bits per heavy atom. The second-order valence-corrected chi connectivity index (χ2v) is 4.21. The van der Waals surface area contributed by atoms with Crippen LogP contribution in [-0.2, 0) is 11.3 Å². The van der Waals surface area contributed by atoms with Crippen molar-refractivity contribution in [2.24, 2.45) is 0 Å². The van der Waals surface area contributed by atoms with Crippen LogP contribution in [0.4, 0.5) is 5.69 Å². The largest absolute Gasteiger partial charge is 0.385 e. The normalized spacial score (nSPS) is 10.8.